The number of Topliss-reactive ketones (excluding diaryl/α,β-unsaturated/α-hetero) is 1. The molecule has 2 saturated carbocycles. The lowest BCUT2D eigenvalue weighted by Gasteiger charge is -2.37. The van der Waals surface area contributed by atoms with E-state index in [1.165, 1.54) is 4.31 Å². The number of nitrogens with one attached hydrogen (secondary N) is 1. The summed E-state index contributed by atoms with van der Waals surface area (Å²) in [6.45, 7) is 8.16. The van der Waals surface area contributed by atoms with Crippen molar-refractivity contribution in [1.29, 1.82) is 0 Å². The minimum absolute atomic E-state index is 0.00969. The molecule has 1 aromatic carbocycles. The third-order valence-electron chi connectivity index (χ3n) is 6.66. The van der Waals surface area contributed by atoms with Crippen LogP contribution in [0.25, 0.3) is 0 Å². The molecule has 0 aromatic heterocycles. The van der Waals surface area contributed by atoms with Crippen molar-refractivity contribution in [3.8, 4) is 0 Å². The predicted octanol–water partition coefficient (Wildman–Crippen LogP) is 3.67. The Balaban J connectivity index is 1.85. The van der Waals surface area contributed by atoms with Gasteiger partial charge in [-0.1, -0.05) is 20.3 Å². The van der Waals surface area contributed by atoms with Gasteiger partial charge in [0.1, 0.15) is 5.78 Å². The maximum atomic E-state index is 13.0. The number of anilines is 1. The van der Waals surface area contributed by atoms with Crippen LogP contribution in [0.3, 0.4) is 0 Å². The van der Waals surface area contributed by atoms with Crippen molar-refractivity contribution in [3.05, 3.63) is 23.3 Å². The summed E-state index contributed by atoms with van der Waals surface area (Å²) in [7, 11) is -3.61. The van der Waals surface area contributed by atoms with Gasteiger partial charge in [-0.25, -0.2) is 8.42 Å². The molecule has 2 aliphatic rings. The molecule has 1 N–H and O–H groups in total. The molecule has 2 atom stereocenters. The monoisotopic (exact) mass is 420 g/mol. The fraction of sp³-hybridized carbons (Fsp3) is 0.636. The van der Waals surface area contributed by atoms with Gasteiger partial charge in [0.15, 0.2) is 0 Å². The van der Waals surface area contributed by atoms with E-state index in [-0.39, 0.29) is 28.6 Å². The standard InChI is InChI=1S/C22H32N2O4S/c1-5-24(6-2)29(27,28)19-10-14(3)15(4)20(13-19)23-22(26)18-11-16-8-7-9-17(12-18)21(16)25/h10,13,16-18H,5-9,11-12H2,1-4H3,(H,23,26). The van der Waals surface area contributed by atoms with Crippen molar-refractivity contribution in [2.75, 3.05) is 18.4 Å². The summed E-state index contributed by atoms with van der Waals surface area (Å²) in [5, 5.41) is 2.98. The van der Waals surface area contributed by atoms with E-state index in [0.717, 1.165) is 30.4 Å². The van der Waals surface area contributed by atoms with Crippen LogP contribution in [0, 0.1) is 31.6 Å². The Morgan fingerprint density at radius 1 is 1.10 bits per heavy atom. The quantitative estimate of drug-likeness (QED) is 0.761. The summed E-state index contributed by atoms with van der Waals surface area (Å²) >= 11 is 0. The van der Waals surface area contributed by atoms with E-state index >= 15 is 0 Å². The Kier molecular flexibility index (Phi) is 6.48. The van der Waals surface area contributed by atoms with E-state index in [2.05, 4.69) is 5.32 Å². The number of ketones is 1. The van der Waals surface area contributed by atoms with E-state index in [1.54, 1.807) is 12.1 Å². The van der Waals surface area contributed by atoms with Crippen LogP contribution >= 0.6 is 0 Å². The number of carbonyl (C=O) groups excluding carboxylic acids is 2. The first-order chi connectivity index (χ1) is 13.7. The molecule has 160 valence electrons. The first-order valence-corrected chi connectivity index (χ1v) is 12.1. The summed E-state index contributed by atoms with van der Waals surface area (Å²) < 4.78 is 27.3. The number of hydrogen-bond donors (Lipinski definition) is 1. The molecule has 2 aliphatic carbocycles. The van der Waals surface area contributed by atoms with E-state index in [1.807, 2.05) is 27.7 Å². The maximum Gasteiger partial charge on any atom is 0.243 e. The Morgan fingerprint density at radius 3 is 2.24 bits per heavy atom. The highest BCUT2D eigenvalue weighted by atomic mass is 32.2. The van der Waals surface area contributed by atoms with Gasteiger partial charge in [-0.15, -0.1) is 0 Å². The molecule has 0 radical (unpaired) electrons. The summed E-state index contributed by atoms with van der Waals surface area (Å²) in [5.41, 5.74) is 2.23. The van der Waals surface area contributed by atoms with Crippen LogP contribution in [0.1, 0.15) is 57.1 Å². The van der Waals surface area contributed by atoms with Crippen molar-refractivity contribution in [3.63, 3.8) is 0 Å². The summed E-state index contributed by atoms with van der Waals surface area (Å²) in [5.74, 6) is 0.0607. The fourth-order valence-corrected chi connectivity index (χ4v) is 6.32. The SMILES string of the molecule is CCN(CC)S(=O)(=O)c1cc(C)c(C)c(NC(=O)C2CC3CCCC(C2)C3=O)c1. The van der Waals surface area contributed by atoms with Gasteiger partial charge in [0.2, 0.25) is 15.9 Å². The minimum Gasteiger partial charge on any atom is -0.326 e. The predicted molar refractivity (Wildman–Crippen MR) is 113 cm³/mol. The number of aryl methyl sites for hydroxylation is 1. The summed E-state index contributed by atoms with van der Waals surface area (Å²) in [4.78, 5) is 25.5. The second-order valence-electron chi connectivity index (χ2n) is 8.39. The van der Waals surface area contributed by atoms with Gasteiger partial charge < -0.3 is 5.32 Å². The first kappa shape index (κ1) is 22.0. The number of hydrogen-bond acceptors (Lipinski definition) is 4. The van der Waals surface area contributed by atoms with Crippen LogP contribution in [0.15, 0.2) is 17.0 Å². The van der Waals surface area contributed by atoms with Gasteiger partial charge in [0.25, 0.3) is 0 Å². The second-order valence-corrected chi connectivity index (χ2v) is 10.3. The van der Waals surface area contributed by atoms with Crippen LogP contribution in [-0.4, -0.2) is 37.5 Å². The Bertz CT molecular complexity index is 890. The van der Waals surface area contributed by atoms with Gasteiger partial charge in [-0.2, -0.15) is 4.31 Å². The van der Waals surface area contributed by atoms with Crippen molar-refractivity contribution in [2.45, 2.75) is 64.7 Å². The molecule has 2 unspecified atom stereocenters. The van der Waals surface area contributed by atoms with Crippen LogP contribution in [-0.2, 0) is 19.6 Å². The van der Waals surface area contributed by atoms with Crippen molar-refractivity contribution < 1.29 is 18.0 Å². The number of fused-ring (bicyclic) bond motifs is 2. The largest absolute Gasteiger partial charge is 0.326 e. The van der Waals surface area contributed by atoms with Gasteiger partial charge in [-0.05, 0) is 62.8 Å². The van der Waals surface area contributed by atoms with Gasteiger partial charge in [0, 0.05) is 36.5 Å². The van der Waals surface area contributed by atoms with Crippen molar-refractivity contribution >= 4 is 27.4 Å². The molecular formula is C22H32N2O4S. The van der Waals surface area contributed by atoms with Crippen LogP contribution in [0.5, 0.6) is 0 Å². The molecule has 0 heterocycles. The Hall–Kier alpha value is -1.73. The third-order valence-corrected chi connectivity index (χ3v) is 8.69. The highest BCUT2D eigenvalue weighted by Gasteiger charge is 2.41. The van der Waals surface area contributed by atoms with E-state index in [0.29, 0.717) is 37.4 Å². The number of amides is 1. The molecule has 0 spiro atoms. The number of nitrogens with zero attached hydrogens (tertiary/aromatic N) is 1. The van der Waals surface area contributed by atoms with Gasteiger partial charge in [0.05, 0.1) is 4.90 Å². The third kappa shape index (κ3) is 4.26. The van der Waals surface area contributed by atoms with Crippen LogP contribution in [0.4, 0.5) is 5.69 Å². The van der Waals surface area contributed by atoms with Crippen molar-refractivity contribution in [2.24, 2.45) is 17.8 Å². The number of rotatable bonds is 6. The lowest BCUT2D eigenvalue weighted by Crippen LogP contribution is -2.40. The number of carbonyl (C=O) groups is 2. The molecule has 7 heteroatoms. The zero-order valence-corrected chi connectivity index (χ0v) is 18.6. The van der Waals surface area contributed by atoms with Gasteiger partial charge >= 0.3 is 0 Å². The molecule has 6 nitrogen and oxygen atoms in total. The average molecular weight is 421 g/mol. The highest BCUT2D eigenvalue weighted by molar-refractivity contribution is 7.89. The molecular weight excluding hydrogens is 388 g/mol. The summed E-state index contributed by atoms with van der Waals surface area (Å²) in [6, 6.07) is 3.24. The van der Waals surface area contributed by atoms with E-state index < -0.39 is 10.0 Å². The maximum absolute atomic E-state index is 13.0. The molecule has 2 bridgehead atoms. The zero-order chi connectivity index (χ0) is 21.3. The van der Waals surface area contributed by atoms with E-state index in [4.69, 9.17) is 0 Å². The average Bonchev–Trinajstić information content (AvgIpc) is 2.65. The normalized spacial score (nSPS) is 24.6. The van der Waals surface area contributed by atoms with E-state index in [9.17, 15) is 18.0 Å². The second kappa shape index (κ2) is 8.56. The molecule has 29 heavy (non-hydrogen) atoms. The smallest absolute Gasteiger partial charge is 0.243 e. The molecule has 0 saturated heterocycles. The number of sulfonamides is 1. The molecule has 0 aliphatic heterocycles. The Morgan fingerprint density at radius 2 is 1.69 bits per heavy atom. The molecule has 1 amide bonds. The number of benzene rings is 1. The highest BCUT2D eigenvalue weighted by Crippen LogP contribution is 2.40. The first-order valence-electron chi connectivity index (χ1n) is 10.6. The topological polar surface area (TPSA) is 83.6 Å². The fourth-order valence-electron chi connectivity index (χ4n) is 4.75. The minimum atomic E-state index is -3.61. The van der Waals surface area contributed by atoms with Crippen LogP contribution in [0.2, 0.25) is 0 Å². The Labute approximate surface area is 174 Å². The lowest BCUT2D eigenvalue weighted by molar-refractivity contribution is -0.136. The zero-order valence-electron chi connectivity index (χ0n) is 17.8. The lowest BCUT2D eigenvalue weighted by atomic mass is 9.67. The molecule has 2 fully saturated rings. The summed E-state index contributed by atoms with van der Waals surface area (Å²) in [6.07, 6.45) is 4.05. The van der Waals surface area contributed by atoms with Crippen LogP contribution < -0.4 is 5.32 Å². The van der Waals surface area contributed by atoms with Crippen molar-refractivity contribution in [1.82, 2.24) is 4.31 Å². The van der Waals surface area contributed by atoms with Gasteiger partial charge in [-0.3, -0.25) is 9.59 Å². The molecule has 1 aromatic rings. The molecule has 3 rings (SSSR count).